The molecular formula is C12H15NO3. The van der Waals surface area contributed by atoms with Gasteiger partial charge in [-0.3, -0.25) is 9.59 Å². The number of nitrogens with one attached hydrogen (secondary N) is 1. The Morgan fingerprint density at radius 3 is 2.62 bits per heavy atom. The summed E-state index contributed by atoms with van der Waals surface area (Å²) in [5.74, 6) is -1.26. The maximum absolute atomic E-state index is 11.2. The van der Waals surface area contributed by atoms with Crippen molar-refractivity contribution in [3.63, 3.8) is 0 Å². The van der Waals surface area contributed by atoms with E-state index in [-0.39, 0.29) is 0 Å². The number of carboxylic acid groups (broad SMARTS) is 1. The van der Waals surface area contributed by atoms with E-state index in [1.807, 2.05) is 18.2 Å². The van der Waals surface area contributed by atoms with Gasteiger partial charge in [0.15, 0.2) is 0 Å². The molecule has 86 valence electrons. The topological polar surface area (TPSA) is 66.4 Å². The lowest BCUT2D eigenvalue weighted by Gasteiger charge is -2.08. The molecule has 16 heavy (non-hydrogen) atoms. The largest absolute Gasteiger partial charge is 0.481 e. The number of carbonyl (C=O) groups excluding carboxylic acids is 1. The molecule has 1 rings (SSSR count). The molecule has 0 aromatic heterocycles. The van der Waals surface area contributed by atoms with Crippen molar-refractivity contribution < 1.29 is 14.7 Å². The number of rotatable bonds is 4. The Morgan fingerprint density at radius 2 is 2.06 bits per heavy atom. The molecule has 0 saturated carbocycles. The quantitative estimate of drug-likeness (QED) is 0.766. The first-order chi connectivity index (χ1) is 7.49. The predicted octanol–water partition coefficient (Wildman–Crippen LogP) is 2.22. The van der Waals surface area contributed by atoms with Crippen LogP contribution in [0.1, 0.15) is 31.7 Å². The third-order valence-corrected chi connectivity index (χ3v) is 2.15. The number of anilines is 1. The monoisotopic (exact) mass is 221 g/mol. The molecule has 0 aliphatic rings. The summed E-state index contributed by atoms with van der Waals surface area (Å²) in [6.07, 6.45) is -0.508. The van der Waals surface area contributed by atoms with Crippen molar-refractivity contribution in [2.75, 3.05) is 5.32 Å². The van der Waals surface area contributed by atoms with Crippen molar-refractivity contribution in [1.82, 2.24) is 0 Å². The molecule has 4 heteroatoms. The zero-order valence-corrected chi connectivity index (χ0v) is 9.36. The Morgan fingerprint density at radius 1 is 1.38 bits per heavy atom. The summed E-state index contributed by atoms with van der Waals surface area (Å²) in [6.45, 7) is 4.11. The highest BCUT2D eigenvalue weighted by atomic mass is 16.4. The van der Waals surface area contributed by atoms with E-state index in [9.17, 15) is 9.59 Å². The van der Waals surface area contributed by atoms with Crippen LogP contribution in [0.4, 0.5) is 5.69 Å². The zero-order chi connectivity index (χ0) is 12.1. The van der Waals surface area contributed by atoms with Gasteiger partial charge in [-0.15, -0.1) is 0 Å². The van der Waals surface area contributed by atoms with Crippen molar-refractivity contribution in [3.05, 3.63) is 29.8 Å². The number of hydrogen-bond donors (Lipinski definition) is 2. The Kier molecular flexibility index (Phi) is 4.05. The fourth-order valence-electron chi connectivity index (χ4n) is 1.32. The average Bonchev–Trinajstić information content (AvgIpc) is 2.16. The number of amides is 1. The van der Waals surface area contributed by atoms with Crippen LogP contribution in [0.25, 0.3) is 0 Å². The molecule has 0 aliphatic heterocycles. The van der Waals surface area contributed by atoms with Gasteiger partial charge in [-0.05, 0) is 23.6 Å². The van der Waals surface area contributed by atoms with Crippen LogP contribution in [-0.4, -0.2) is 17.0 Å². The van der Waals surface area contributed by atoms with Gasteiger partial charge < -0.3 is 10.4 Å². The third kappa shape index (κ3) is 3.73. The van der Waals surface area contributed by atoms with Gasteiger partial charge in [0.2, 0.25) is 5.91 Å². The van der Waals surface area contributed by atoms with Gasteiger partial charge in [0.05, 0.1) is 0 Å². The first-order valence-electron chi connectivity index (χ1n) is 5.10. The van der Waals surface area contributed by atoms with Gasteiger partial charge >= 0.3 is 5.97 Å². The van der Waals surface area contributed by atoms with E-state index >= 15 is 0 Å². The standard InChI is InChI=1S/C12H15NO3/c1-8(2)9-4-3-5-10(6-9)13-11(14)7-12(15)16/h3-6,8H,7H2,1-2H3,(H,13,14)(H,15,16). The Bertz CT molecular complexity index is 399. The van der Waals surface area contributed by atoms with Crippen molar-refractivity contribution >= 4 is 17.6 Å². The van der Waals surface area contributed by atoms with E-state index < -0.39 is 18.3 Å². The first kappa shape index (κ1) is 12.2. The van der Waals surface area contributed by atoms with Crippen LogP contribution < -0.4 is 5.32 Å². The van der Waals surface area contributed by atoms with E-state index in [0.717, 1.165) is 5.56 Å². The molecule has 0 saturated heterocycles. The minimum absolute atomic E-state index is 0.372. The lowest BCUT2D eigenvalue weighted by atomic mass is 10.0. The fourth-order valence-corrected chi connectivity index (χ4v) is 1.32. The van der Waals surface area contributed by atoms with Gasteiger partial charge in [0.1, 0.15) is 6.42 Å². The highest BCUT2D eigenvalue weighted by Crippen LogP contribution is 2.18. The summed E-state index contributed by atoms with van der Waals surface area (Å²) in [5.41, 5.74) is 1.74. The van der Waals surface area contributed by atoms with Gasteiger partial charge in [-0.1, -0.05) is 26.0 Å². The molecule has 0 heterocycles. The molecule has 4 nitrogen and oxygen atoms in total. The van der Waals surface area contributed by atoms with Gasteiger partial charge in [-0.25, -0.2) is 0 Å². The molecule has 1 amide bonds. The Hall–Kier alpha value is -1.84. The van der Waals surface area contributed by atoms with Crippen molar-refractivity contribution in [2.45, 2.75) is 26.2 Å². The van der Waals surface area contributed by atoms with Gasteiger partial charge in [0.25, 0.3) is 0 Å². The molecular weight excluding hydrogens is 206 g/mol. The molecule has 0 spiro atoms. The maximum atomic E-state index is 11.2. The molecule has 0 bridgehead atoms. The second-order valence-corrected chi connectivity index (χ2v) is 3.90. The van der Waals surface area contributed by atoms with Crippen LogP contribution in [-0.2, 0) is 9.59 Å². The van der Waals surface area contributed by atoms with Crippen molar-refractivity contribution in [3.8, 4) is 0 Å². The molecule has 1 aromatic carbocycles. The molecule has 2 N–H and O–H groups in total. The Balaban J connectivity index is 2.70. The maximum Gasteiger partial charge on any atom is 0.312 e. The van der Waals surface area contributed by atoms with E-state index in [1.165, 1.54) is 0 Å². The molecule has 0 radical (unpaired) electrons. The summed E-state index contributed by atoms with van der Waals surface area (Å²) in [7, 11) is 0. The van der Waals surface area contributed by atoms with Gasteiger partial charge in [0, 0.05) is 5.69 Å². The van der Waals surface area contributed by atoms with Crippen LogP contribution in [0.15, 0.2) is 24.3 Å². The number of carbonyl (C=O) groups is 2. The number of aliphatic carboxylic acids is 1. The summed E-state index contributed by atoms with van der Waals surface area (Å²) < 4.78 is 0. The number of carboxylic acids is 1. The van der Waals surface area contributed by atoms with Crippen LogP contribution in [0.2, 0.25) is 0 Å². The summed E-state index contributed by atoms with van der Waals surface area (Å²) >= 11 is 0. The van der Waals surface area contributed by atoms with Crippen LogP contribution in [0.3, 0.4) is 0 Å². The van der Waals surface area contributed by atoms with Crippen LogP contribution >= 0.6 is 0 Å². The summed E-state index contributed by atoms with van der Waals surface area (Å²) in [4.78, 5) is 21.5. The molecule has 0 fully saturated rings. The lowest BCUT2D eigenvalue weighted by molar-refractivity contribution is -0.139. The minimum atomic E-state index is -1.13. The fraction of sp³-hybridized carbons (Fsp3) is 0.333. The van der Waals surface area contributed by atoms with E-state index in [2.05, 4.69) is 19.2 Å². The average molecular weight is 221 g/mol. The number of benzene rings is 1. The lowest BCUT2D eigenvalue weighted by Crippen LogP contribution is -2.15. The second-order valence-electron chi connectivity index (χ2n) is 3.90. The van der Waals surface area contributed by atoms with Gasteiger partial charge in [-0.2, -0.15) is 0 Å². The first-order valence-corrected chi connectivity index (χ1v) is 5.10. The van der Waals surface area contributed by atoms with Crippen molar-refractivity contribution in [1.29, 1.82) is 0 Å². The second kappa shape index (κ2) is 5.30. The van der Waals surface area contributed by atoms with E-state index in [4.69, 9.17) is 5.11 Å². The minimum Gasteiger partial charge on any atom is -0.481 e. The highest BCUT2D eigenvalue weighted by molar-refractivity contribution is 6.01. The van der Waals surface area contributed by atoms with Crippen LogP contribution in [0.5, 0.6) is 0 Å². The van der Waals surface area contributed by atoms with E-state index in [0.29, 0.717) is 11.6 Å². The third-order valence-electron chi connectivity index (χ3n) is 2.15. The molecule has 0 atom stereocenters. The van der Waals surface area contributed by atoms with E-state index in [1.54, 1.807) is 6.07 Å². The normalized spacial score (nSPS) is 10.2. The van der Waals surface area contributed by atoms with Crippen molar-refractivity contribution in [2.24, 2.45) is 0 Å². The van der Waals surface area contributed by atoms with Crippen LogP contribution in [0, 0.1) is 0 Å². The summed E-state index contributed by atoms with van der Waals surface area (Å²) in [6, 6.07) is 7.40. The summed E-state index contributed by atoms with van der Waals surface area (Å²) in [5, 5.41) is 11.0. The molecule has 1 aromatic rings. The Labute approximate surface area is 94.3 Å². The predicted molar refractivity (Wildman–Crippen MR) is 61.4 cm³/mol. The SMILES string of the molecule is CC(C)c1cccc(NC(=O)CC(=O)O)c1. The molecule has 0 unspecified atom stereocenters. The smallest absolute Gasteiger partial charge is 0.312 e. The highest BCUT2D eigenvalue weighted by Gasteiger charge is 2.08. The number of hydrogen-bond acceptors (Lipinski definition) is 2. The molecule has 0 aliphatic carbocycles. The zero-order valence-electron chi connectivity index (χ0n) is 9.36.